The summed E-state index contributed by atoms with van der Waals surface area (Å²) in [6, 6.07) is 14.8. The van der Waals surface area contributed by atoms with E-state index in [2.05, 4.69) is 57.2 Å². The first-order valence-corrected chi connectivity index (χ1v) is 7.30. The maximum Gasteiger partial charge on any atom is 0.223 e. The molecule has 2 aromatic rings. The van der Waals surface area contributed by atoms with Gasteiger partial charge in [-0.3, -0.25) is 0 Å². The summed E-state index contributed by atoms with van der Waals surface area (Å²) in [6.07, 6.45) is 0. The van der Waals surface area contributed by atoms with Crippen molar-refractivity contribution in [3.8, 4) is 11.1 Å². The molecule has 110 valence electrons. The molecule has 21 heavy (non-hydrogen) atoms. The number of rotatable bonds is 2. The summed E-state index contributed by atoms with van der Waals surface area (Å²) in [5.41, 5.74) is 6.04. The van der Waals surface area contributed by atoms with Crippen molar-refractivity contribution in [2.24, 2.45) is 0 Å². The number of hydrogen-bond acceptors (Lipinski definition) is 2. The van der Waals surface area contributed by atoms with Crippen LogP contribution in [0.2, 0.25) is 0 Å². The molecule has 3 rings (SSSR count). The zero-order valence-corrected chi connectivity index (χ0v) is 13.4. The van der Waals surface area contributed by atoms with Crippen LogP contribution in [-0.2, 0) is 20.7 Å². The summed E-state index contributed by atoms with van der Waals surface area (Å²) < 4.78 is 11.7. The molecule has 0 heterocycles. The highest BCUT2D eigenvalue weighted by Gasteiger charge is 2.45. The maximum atomic E-state index is 5.85. The van der Waals surface area contributed by atoms with Crippen LogP contribution in [0.1, 0.15) is 37.5 Å². The Balaban J connectivity index is 2.42. The van der Waals surface area contributed by atoms with Gasteiger partial charge in [0.1, 0.15) is 0 Å². The van der Waals surface area contributed by atoms with E-state index < -0.39 is 5.79 Å². The predicted octanol–water partition coefficient (Wildman–Crippen LogP) is 4.46. The third-order valence-electron chi connectivity index (χ3n) is 4.35. The Kier molecular flexibility index (Phi) is 3.19. The van der Waals surface area contributed by atoms with Gasteiger partial charge in [0.25, 0.3) is 0 Å². The van der Waals surface area contributed by atoms with Gasteiger partial charge in [-0.05, 0) is 22.1 Å². The molecular weight excluding hydrogens is 260 g/mol. The number of fused-ring (bicyclic) bond motifs is 3. The molecular formula is C19H22O2. The van der Waals surface area contributed by atoms with Crippen LogP contribution in [0.5, 0.6) is 0 Å². The highest BCUT2D eigenvalue weighted by Crippen LogP contribution is 2.52. The van der Waals surface area contributed by atoms with Crippen molar-refractivity contribution in [1.29, 1.82) is 0 Å². The summed E-state index contributed by atoms with van der Waals surface area (Å²) in [5, 5.41) is 0. The second-order valence-electron chi connectivity index (χ2n) is 6.55. The normalized spacial score (nSPS) is 15.7. The van der Waals surface area contributed by atoms with E-state index in [1.165, 1.54) is 16.7 Å². The molecule has 0 spiro atoms. The first-order valence-electron chi connectivity index (χ1n) is 7.30. The summed E-state index contributed by atoms with van der Waals surface area (Å²) in [6.45, 7) is 6.72. The number of benzene rings is 2. The smallest absolute Gasteiger partial charge is 0.223 e. The molecule has 0 atom stereocenters. The number of ether oxygens (including phenoxy) is 2. The van der Waals surface area contributed by atoms with Crippen molar-refractivity contribution in [3.63, 3.8) is 0 Å². The highest BCUT2D eigenvalue weighted by molar-refractivity contribution is 5.82. The van der Waals surface area contributed by atoms with E-state index in [1.807, 2.05) is 6.07 Å². The van der Waals surface area contributed by atoms with Crippen molar-refractivity contribution in [2.45, 2.75) is 32.0 Å². The van der Waals surface area contributed by atoms with Crippen LogP contribution in [0, 0.1) is 0 Å². The number of methoxy groups -OCH3 is 2. The van der Waals surface area contributed by atoms with Crippen LogP contribution < -0.4 is 0 Å². The first kappa shape index (κ1) is 14.3. The van der Waals surface area contributed by atoms with Crippen LogP contribution in [-0.4, -0.2) is 14.2 Å². The third kappa shape index (κ3) is 1.86. The summed E-state index contributed by atoms with van der Waals surface area (Å²) in [4.78, 5) is 0. The van der Waals surface area contributed by atoms with Crippen molar-refractivity contribution >= 4 is 0 Å². The predicted molar refractivity (Wildman–Crippen MR) is 85.4 cm³/mol. The molecule has 0 N–H and O–H groups in total. The Morgan fingerprint density at radius 1 is 0.810 bits per heavy atom. The van der Waals surface area contributed by atoms with Gasteiger partial charge in [0, 0.05) is 25.3 Å². The first-order chi connectivity index (χ1) is 9.95. The van der Waals surface area contributed by atoms with Gasteiger partial charge >= 0.3 is 0 Å². The van der Waals surface area contributed by atoms with Gasteiger partial charge in [-0.25, -0.2) is 0 Å². The second-order valence-corrected chi connectivity index (χ2v) is 6.55. The molecule has 0 bridgehead atoms. The third-order valence-corrected chi connectivity index (χ3v) is 4.35. The van der Waals surface area contributed by atoms with Crippen LogP contribution in [0.4, 0.5) is 0 Å². The molecule has 2 heteroatoms. The molecule has 0 unspecified atom stereocenters. The van der Waals surface area contributed by atoms with Crippen LogP contribution in [0.3, 0.4) is 0 Å². The van der Waals surface area contributed by atoms with Gasteiger partial charge in [-0.15, -0.1) is 0 Å². The lowest BCUT2D eigenvalue weighted by atomic mass is 9.81. The Morgan fingerprint density at radius 2 is 1.43 bits per heavy atom. The molecule has 1 aliphatic carbocycles. The van der Waals surface area contributed by atoms with Gasteiger partial charge in [-0.2, -0.15) is 0 Å². The number of hydrogen-bond donors (Lipinski definition) is 0. The minimum atomic E-state index is -0.798. The van der Waals surface area contributed by atoms with E-state index in [1.54, 1.807) is 14.2 Å². The zero-order valence-electron chi connectivity index (χ0n) is 13.4. The van der Waals surface area contributed by atoms with Gasteiger partial charge in [-0.1, -0.05) is 63.2 Å². The fourth-order valence-electron chi connectivity index (χ4n) is 3.40. The molecule has 2 aromatic carbocycles. The molecule has 0 radical (unpaired) electrons. The monoisotopic (exact) mass is 282 g/mol. The Hall–Kier alpha value is -1.64. The highest BCUT2D eigenvalue weighted by atomic mass is 16.7. The largest absolute Gasteiger partial charge is 0.346 e. The topological polar surface area (TPSA) is 18.5 Å². The fraction of sp³-hybridized carbons (Fsp3) is 0.368. The standard InChI is InChI=1S/C19H22O2/c1-18(2,3)15-11-8-12-16-17(15)13-9-6-7-10-14(13)19(16,20-4)21-5/h6-12H,1-5H3. The quantitative estimate of drug-likeness (QED) is 0.757. The second kappa shape index (κ2) is 4.69. The molecule has 1 aliphatic rings. The van der Waals surface area contributed by atoms with E-state index in [-0.39, 0.29) is 5.41 Å². The summed E-state index contributed by atoms with van der Waals surface area (Å²) in [7, 11) is 3.41. The minimum absolute atomic E-state index is 0.0655. The van der Waals surface area contributed by atoms with E-state index in [0.29, 0.717) is 0 Å². The summed E-state index contributed by atoms with van der Waals surface area (Å²) in [5.74, 6) is -0.798. The lowest BCUT2D eigenvalue weighted by Crippen LogP contribution is -2.30. The van der Waals surface area contributed by atoms with Crippen molar-refractivity contribution in [2.75, 3.05) is 14.2 Å². The van der Waals surface area contributed by atoms with Crippen LogP contribution >= 0.6 is 0 Å². The minimum Gasteiger partial charge on any atom is -0.346 e. The molecule has 0 aromatic heterocycles. The van der Waals surface area contributed by atoms with E-state index in [0.717, 1.165) is 11.1 Å². The van der Waals surface area contributed by atoms with E-state index >= 15 is 0 Å². The van der Waals surface area contributed by atoms with E-state index in [9.17, 15) is 0 Å². The van der Waals surface area contributed by atoms with Gasteiger partial charge in [0.2, 0.25) is 5.79 Å². The van der Waals surface area contributed by atoms with E-state index in [4.69, 9.17) is 9.47 Å². The zero-order chi connectivity index (χ0) is 15.3. The van der Waals surface area contributed by atoms with Crippen molar-refractivity contribution in [3.05, 3.63) is 59.2 Å². The van der Waals surface area contributed by atoms with Crippen LogP contribution in [0.15, 0.2) is 42.5 Å². The summed E-state index contributed by atoms with van der Waals surface area (Å²) >= 11 is 0. The van der Waals surface area contributed by atoms with Crippen molar-refractivity contribution < 1.29 is 9.47 Å². The Bertz CT molecular complexity index is 676. The Morgan fingerprint density at radius 3 is 2.05 bits per heavy atom. The molecule has 0 fully saturated rings. The van der Waals surface area contributed by atoms with Crippen molar-refractivity contribution in [1.82, 2.24) is 0 Å². The van der Waals surface area contributed by atoms with Crippen LogP contribution in [0.25, 0.3) is 11.1 Å². The fourth-order valence-corrected chi connectivity index (χ4v) is 3.40. The lowest BCUT2D eigenvalue weighted by molar-refractivity contribution is -0.180. The van der Waals surface area contributed by atoms with Gasteiger partial charge < -0.3 is 9.47 Å². The lowest BCUT2D eigenvalue weighted by Gasteiger charge is -2.29. The maximum absolute atomic E-state index is 5.85. The average Bonchev–Trinajstić information content (AvgIpc) is 2.77. The molecule has 2 nitrogen and oxygen atoms in total. The molecule has 0 amide bonds. The SMILES string of the molecule is COC1(OC)c2ccccc2-c2c(C(C)(C)C)cccc21. The molecule has 0 aliphatic heterocycles. The van der Waals surface area contributed by atoms with Gasteiger partial charge in [0.05, 0.1) is 0 Å². The average molecular weight is 282 g/mol. The molecule has 0 saturated heterocycles. The molecule has 0 saturated carbocycles. The van der Waals surface area contributed by atoms with Gasteiger partial charge in [0.15, 0.2) is 0 Å². The Labute approximate surface area is 126 Å².